The average Bonchev–Trinajstić information content (AvgIpc) is 3.09. The molecule has 0 saturated carbocycles. The lowest BCUT2D eigenvalue weighted by atomic mass is 9.88. The van der Waals surface area contributed by atoms with E-state index in [1.54, 1.807) is 33.8 Å². The molecule has 1 aliphatic heterocycles. The summed E-state index contributed by atoms with van der Waals surface area (Å²) in [5, 5.41) is 0. The number of halogens is 3. The molecule has 11 heteroatoms. The Hall–Kier alpha value is -2.56. The van der Waals surface area contributed by atoms with E-state index < -0.39 is 33.3 Å². The molecule has 1 heterocycles. The van der Waals surface area contributed by atoms with Crippen LogP contribution in [0, 0.1) is 12.8 Å². The van der Waals surface area contributed by atoms with Crippen LogP contribution < -0.4 is 4.18 Å². The zero-order valence-electron chi connectivity index (χ0n) is 18.4. The van der Waals surface area contributed by atoms with Crippen LogP contribution in [0.2, 0.25) is 0 Å². The Morgan fingerprint density at radius 2 is 1.91 bits per heavy atom. The molecule has 0 spiro atoms. The highest BCUT2D eigenvalue weighted by Gasteiger charge is 2.50. The number of benzene rings is 1. The standard InChI is InChI=1S/C21H25F3O7S/c1-6-14-13(4)16-10-30-20(26)18(16)19(31-32(27,28)21(22,23)24)15(14)8-7-11(2)12(3)9-17(25)29-5/h7,12H,6,8-10H2,1-5H3/b11-7+. The number of fused-ring (bicyclic) bond motifs is 1. The van der Waals surface area contributed by atoms with Gasteiger partial charge in [-0.3, -0.25) is 4.79 Å². The molecule has 0 N–H and O–H groups in total. The van der Waals surface area contributed by atoms with E-state index in [-0.39, 0.29) is 36.5 Å². The molecule has 1 aromatic carbocycles. The van der Waals surface area contributed by atoms with Gasteiger partial charge in [0.25, 0.3) is 0 Å². The summed E-state index contributed by atoms with van der Waals surface area (Å²) >= 11 is 0. The van der Waals surface area contributed by atoms with Crippen molar-refractivity contribution in [2.45, 2.75) is 59.1 Å². The second-order valence-electron chi connectivity index (χ2n) is 7.51. The Bertz CT molecular complexity index is 1060. The molecule has 0 fully saturated rings. The van der Waals surface area contributed by atoms with Crippen LogP contribution >= 0.6 is 0 Å². The molecular formula is C21H25F3O7S. The largest absolute Gasteiger partial charge is 0.534 e. The van der Waals surface area contributed by atoms with Gasteiger partial charge in [-0.1, -0.05) is 25.5 Å². The fourth-order valence-corrected chi connectivity index (χ4v) is 4.03. The molecule has 0 aliphatic carbocycles. The third-order valence-electron chi connectivity index (χ3n) is 5.56. The highest BCUT2D eigenvalue weighted by atomic mass is 32.2. The quantitative estimate of drug-likeness (QED) is 0.240. The van der Waals surface area contributed by atoms with Crippen LogP contribution in [0.1, 0.15) is 59.8 Å². The molecule has 32 heavy (non-hydrogen) atoms. The molecule has 0 amide bonds. The number of cyclic esters (lactones) is 1. The third-order valence-corrected chi connectivity index (χ3v) is 6.51. The Kier molecular flexibility index (Phi) is 7.64. The fourth-order valence-electron chi connectivity index (χ4n) is 3.53. The molecule has 0 aromatic heterocycles. The van der Waals surface area contributed by atoms with Gasteiger partial charge >= 0.3 is 27.6 Å². The maximum absolute atomic E-state index is 13.1. The van der Waals surface area contributed by atoms with Crippen molar-refractivity contribution in [3.8, 4) is 5.75 Å². The SMILES string of the molecule is CCc1c(C)c2c(c(OS(=O)(=O)C(F)(F)F)c1C/C=C(\C)C(C)CC(=O)OC)C(=O)OC2. The maximum Gasteiger partial charge on any atom is 0.534 e. The number of hydrogen-bond donors (Lipinski definition) is 0. The molecule has 1 aromatic rings. The lowest BCUT2D eigenvalue weighted by Crippen LogP contribution is -2.29. The van der Waals surface area contributed by atoms with Gasteiger partial charge in [-0.15, -0.1) is 0 Å². The van der Waals surface area contributed by atoms with Crippen molar-refractivity contribution >= 4 is 22.1 Å². The van der Waals surface area contributed by atoms with E-state index in [1.807, 2.05) is 0 Å². The summed E-state index contributed by atoms with van der Waals surface area (Å²) in [5.41, 5.74) is -3.58. The minimum absolute atomic E-state index is 0.00930. The number of esters is 2. The smallest absolute Gasteiger partial charge is 0.469 e. The summed E-state index contributed by atoms with van der Waals surface area (Å²) in [4.78, 5) is 23.8. The van der Waals surface area contributed by atoms with E-state index in [0.717, 1.165) is 5.57 Å². The molecule has 1 unspecified atom stereocenters. The van der Waals surface area contributed by atoms with Crippen LogP contribution in [0.5, 0.6) is 5.75 Å². The topological polar surface area (TPSA) is 96.0 Å². The van der Waals surface area contributed by atoms with Gasteiger partial charge in [0, 0.05) is 11.1 Å². The predicted octanol–water partition coefficient (Wildman–Crippen LogP) is 4.14. The van der Waals surface area contributed by atoms with Crippen molar-refractivity contribution in [1.82, 2.24) is 0 Å². The highest BCUT2D eigenvalue weighted by molar-refractivity contribution is 7.88. The predicted molar refractivity (Wildman–Crippen MR) is 109 cm³/mol. The van der Waals surface area contributed by atoms with Crippen molar-refractivity contribution in [3.63, 3.8) is 0 Å². The average molecular weight is 478 g/mol. The number of ether oxygens (including phenoxy) is 2. The number of carbonyl (C=O) groups excluding carboxylic acids is 2. The molecule has 1 aliphatic rings. The van der Waals surface area contributed by atoms with Crippen molar-refractivity contribution in [3.05, 3.63) is 39.5 Å². The van der Waals surface area contributed by atoms with Crippen LogP contribution in [-0.2, 0) is 43.8 Å². The van der Waals surface area contributed by atoms with Crippen molar-refractivity contribution < 1.29 is 44.8 Å². The molecule has 0 radical (unpaired) electrons. The van der Waals surface area contributed by atoms with Crippen molar-refractivity contribution in [2.24, 2.45) is 5.92 Å². The van der Waals surface area contributed by atoms with Gasteiger partial charge in [0.2, 0.25) is 0 Å². The Morgan fingerprint density at radius 1 is 1.28 bits per heavy atom. The molecule has 0 saturated heterocycles. The lowest BCUT2D eigenvalue weighted by Gasteiger charge is -2.20. The molecule has 178 valence electrons. The minimum atomic E-state index is -6.02. The maximum atomic E-state index is 13.1. The second kappa shape index (κ2) is 9.51. The van der Waals surface area contributed by atoms with E-state index in [0.29, 0.717) is 23.1 Å². The summed E-state index contributed by atoms with van der Waals surface area (Å²) < 4.78 is 76.9. The van der Waals surface area contributed by atoms with E-state index in [2.05, 4.69) is 8.92 Å². The summed E-state index contributed by atoms with van der Waals surface area (Å²) in [7, 11) is -4.76. The number of alkyl halides is 3. The molecule has 7 nitrogen and oxygen atoms in total. The van der Waals surface area contributed by atoms with Gasteiger partial charge in [0.05, 0.1) is 13.5 Å². The highest BCUT2D eigenvalue weighted by Crippen LogP contribution is 2.41. The summed E-state index contributed by atoms with van der Waals surface area (Å²) in [6.07, 6.45) is 2.11. The zero-order valence-corrected chi connectivity index (χ0v) is 19.2. The van der Waals surface area contributed by atoms with Crippen molar-refractivity contribution in [1.29, 1.82) is 0 Å². The Balaban J connectivity index is 2.64. The van der Waals surface area contributed by atoms with Crippen LogP contribution in [-0.4, -0.2) is 33.0 Å². The number of allylic oxidation sites excluding steroid dienone is 2. The number of carbonyl (C=O) groups is 2. The molecule has 0 bridgehead atoms. The van der Waals surface area contributed by atoms with Gasteiger partial charge in [0.1, 0.15) is 12.2 Å². The molecule has 1 atom stereocenters. The minimum Gasteiger partial charge on any atom is -0.469 e. The van der Waals surface area contributed by atoms with Crippen molar-refractivity contribution in [2.75, 3.05) is 7.11 Å². The number of methoxy groups -OCH3 is 1. The summed E-state index contributed by atoms with van der Waals surface area (Å²) in [6, 6.07) is 0. The van der Waals surface area contributed by atoms with E-state index in [9.17, 15) is 31.2 Å². The number of rotatable bonds is 8. The summed E-state index contributed by atoms with van der Waals surface area (Å²) in [5.74, 6) is -2.25. The van der Waals surface area contributed by atoms with Gasteiger partial charge < -0.3 is 13.7 Å². The van der Waals surface area contributed by atoms with E-state index >= 15 is 0 Å². The monoisotopic (exact) mass is 478 g/mol. The first kappa shape index (κ1) is 25.7. The fraction of sp³-hybridized carbons (Fsp3) is 0.524. The van der Waals surface area contributed by atoms with Gasteiger partial charge in [-0.25, -0.2) is 4.79 Å². The summed E-state index contributed by atoms with van der Waals surface area (Å²) in [6.45, 7) is 6.79. The lowest BCUT2D eigenvalue weighted by molar-refractivity contribution is -0.141. The van der Waals surface area contributed by atoms with Crippen LogP contribution in [0.3, 0.4) is 0 Å². The van der Waals surface area contributed by atoms with E-state index in [4.69, 9.17) is 4.74 Å². The van der Waals surface area contributed by atoms with E-state index in [1.165, 1.54) is 7.11 Å². The second-order valence-corrected chi connectivity index (χ2v) is 9.05. The zero-order chi connectivity index (χ0) is 24.4. The molecule has 2 rings (SSSR count). The first-order valence-electron chi connectivity index (χ1n) is 9.83. The molecular weight excluding hydrogens is 453 g/mol. The Morgan fingerprint density at radius 3 is 2.44 bits per heavy atom. The van der Waals surface area contributed by atoms with Gasteiger partial charge in [-0.2, -0.15) is 21.6 Å². The Labute approximate surface area is 184 Å². The normalized spacial score (nSPS) is 15.2. The first-order valence-corrected chi connectivity index (χ1v) is 11.2. The number of hydrogen-bond acceptors (Lipinski definition) is 7. The first-order chi connectivity index (χ1) is 14.7. The van der Waals surface area contributed by atoms with Crippen LogP contribution in [0.15, 0.2) is 11.6 Å². The van der Waals surface area contributed by atoms with Gasteiger partial charge in [0.15, 0.2) is 5.75 Å². The van der Waals surface area contributed by atoms with Gasteiger partial charge in [-0.05, 0) is 43.7 Å². The van der Waals surface area contributed by atoms with Crippen LogP contribution in [0.4, 0.5) is 13.2 Å². The van der Waals surface area contributed by atoms with Crippen LogP contribution in [0.25, 0.3) is 0 Å². The third kappa shape index (κ3) is 5.08.